The van der Waals surface area contributed by atoms with Gasteiger partial charge in [-0.3, -0.25) is 9.59 Å². The lowest BCUT2D eigenvalue weighted by atomic mass is 9.95. The highest BCUT2D eigenvalue weighted by Crippen LogP contribution is 2.37. The number of halogens is 3. The summed E-state index contributed by atoms with van der Waals surface area (Å²) in [6.45, 7) is 5.72. The number of amides is 2. The van der Waals surface area contributed by atoms with Crippen LogP contribution in [0.3, 0.4) is 0 Å². The summed E-state index contributed by atoms with van der Waals surface area (Å²) in [5.74, 6) is -3.23. The molecule has 6 rings (SSSR count). The monoisotopic (exact) mass is 625 g/mol. The van der Waals surface area contributed by atoms with E-state index in [1.165, 1.54) is 23.4 Å². The molecule has 0 aliphatic carbocycles. The average molecular weight is 626 g/mol. The van der Waals surface area contributed by atoms with Crippen molar-refractivity contribution in [2.24, 2.45) is 0 Å². The Labute approximate surface area is 262 Å². The molecule has 46 heavy (non-hydrogen) atoms. The average Bonchev–Trinajstić information content (AvgIpc) is 3.46. The molecule has 1 aliphatic heterocycles. The fourth-order valence-electron chi connectivity index (χ4n) is 5.48. The van der Waals surface area contributed by atoms with Crippen LogP contribution in [0.1, 0.15) is 40.1 Å². The first-order chi connectivity index (χ1) is 22.0. The van der Waals surface area contributed by atoms with Crippen LogP contribution in [0.4, 0.5) is 19.0 Å². The maximum atomic E-state index is 13.9. The SMILES string of the molecule is C=C(C(=O)NCc1cc2cc(-c3ccc(C(=O)N4CCC(F)(F)CC4)cc3)cc(-c3cnc(F)cc3C)c2o1)c1ccc(N)nc1. The third-order valence-electron chi connectivity index (χ3n) is 8.11. The van der Waals surface area contributed by atoms with Gasteiger partial charge < -0.3 is 20.4 Å². The van der Waals surface area contributed by atoms with Crippen molar-refractivity contribution in [1.82, 2.24) is 20.2 Å². The van der Waals surface area contributed by atoms with Crippen LogP contribution in [-0.2, 0) is 11.3 Å². The predicted octanol–water partition coefficient (Wildman–Crippen LogP) is 6.79. The number of nitrogens with zero attached hydrogens (tertiary/aromatic N) is 3. The highest BCUT2D eigenvalue weighted by Gasteiger charge is 2.35. The number of aromatic nitrogens is 2. The molecule has 0 saturated carbocycles. The van der Waals surface area contributed by atoms with E-state index in [0.29, 0.717) is 45.0 Å². The molecular weight excluding hydrogens is 595 g/mol. The molecule has 0 unspecified atom stereocenters. The third-order valence-corrected chi connectivity index (χ3v) is 8.11. The van der Waals surface area contributed by atoms with Crippen LogP contribution in [0.5, 0.6) is 0 Å². The Balaban J connectivity index is 1.29. The zero-order valence-corrected chi connectivity index (χ0v) is 24.9. The Morgan fingerprint density at radius 2 is 1.67 bits per heavy atom. The number of nitrogen functional groups attached to an aromatic ring is 1. The number of likely N-dealkylation sites (tertiary alicyclic amines) is 1. The van der Waals surface area contributed by atoms with Gasteiger partial charge in [0.15, 0.2) is 0 Å². The summed E-state index contributed by atoms with van der Waals surface area (Å²) in [6.07, 6.45) is 2.23. The number of hydrogen-bond donors (Lipinski definition) is 2. The van der Waals surface area contributed by atoms with Crippen molar-refractivity contribution in [1.29, 1.82) is 0 Å². The van der Waals surface area contributed by atoms with E-state index in [1.807, 2.05) is 18.2 Å². The van der Waals surface area contributed by atoms with E-state index in [0.717, 1.165) is 16.5 Å². The van der Waals surface area contributed by atoms with Crippen LogP contribution in [0.25, 0.3) is 38.8 Å². The van der Waals surface area contributed by atoms with E-state index >= 15 is 0 Å². The largest absolute Gasteiger partial charge is 0.459 e. The van der Waals surface area contributed by atoms with Gasteiger partial charge in [-0.25, -0.2) is 18.7 Å². The maximum Gasteiger partial charge on any atom is 0.253 e. The van der Waals surface area contributed by atoms with Crippen molar-refractivity contribution in [2.75, 3.05) is 18.8 Å². The number of hydrogen-bond acceptors (Lipinski definition) is 6. The van der Waals surface area contributed by atoms with Crippen LogP contribution in [0, 0.1) is 12.9 Å². The smallest absolute Gasteiger partial charge is 0.253 e. The Morgan fingerprint density at radius 3 is 2.35 bits per heavy atom. The molecule has 2 aromatic carbocycles. The molecular formula is C35H30F3N5O3. The van der Waals surface area contributed by atoms with Crippen molar-refractivity contribution >= 4 is 34.2 Å². The molecule has 2 amide bonds. The van der Waals surface area contributed by atoms with E-state index in [9.17, 15) is 22.8 Å². The normalized spacial score (nSPS) is 14.3. The number of fused-ring (bicyclic) bond motifs is 1. The minimum Gasteiger partial charge on any atom is -0.459 e. The number of benzene rings is 2. The van der Waals surface area contributed by atoms with Crippen molar-refractivity contribution in [3.63, 3.8) is 0 Å². The van der Waals surface area contributed by atoms with Crippen molar-refractivity contribution < 1.29 is 27.2 Å². The molecule has 1 fully saturated rings. The number of furan rings is 1. The standard InChI is InChI=1S/C35H30F3N5O3/c1-20-13-30(36)40-19-29(20)28-16-25(22-3-5-23(6-4-22)34(45)43-11-9-35(37,38)10-12-43)14-26-15-27(46-32(26)28)18-42-33(44)21(2)24-7-8-31(39)41-17-24/h3-8,13-17,19H,2,9-12,18H2,1H3,(H2,39,41)(H,42,44). The maximum absolute atomic E-state index is 13.9. The minimum atomic E-state index is -2.74. The number of anilines is 1. The molecule has 0 spiro atoms. The molecule has 1 saturated heterocycles. The molecule has 0 radical (unpaired) electrons. The quantitative estimate of drug-likeness (QED) is 0.152. The summed E-state index contributed by atoms with van der Waals surface area (Å²) < 4.78 is 47.3. The fraction of sp³-hybridized carbons (Fsp3) is 0.200. The number of piperidine rings is 1. The van der Waals surface area contributed by atoms with E-state index in [-0.39, 0.29) is 44.0 Å². The second kappa shape index (κ2) is 12.2. The van der Waals surface area contributed by atoms with Crippen LogP contribution in [-0.4, -0.2) is 45.7 Å². The Hall–Kier alpha value is -5.45. The molecule has 0 atom stereocenters. The van der Waals surface area contributed by atoms with Gasteiger partial charge in [-0.1, -0.05) is 18.7 Å². The summed E-state index contributed by atoms with van der Waals surface area (Å²) in [5, 5.41) is 3.55. The summed E-state index contributed by atoms with van der Waals surface area (Å²) in [5.41, 5.74) is 10.9. The third kappa shape index (κ3) is 6.35. The van der Waals surface area contributed by atoms with Gasteiger partial charge in [0.1, 0.15) is 17.2 Å². The Bertz CT molecular complexity index is 1960. The van der Waals surface area contributed by atoms with Gasteiger partial charge >= 0.3 is 0 Å². The molecule has 3 N–H and O–H groups in total. The van der Waals surface area contributed by atoms with Crippen LogP contribution >= 0.6 is 0 Å². The van der Waals surface area contributed by atoms with Gasteiger partial charge in [0.25, 0.3) is 17.7 Å². The predicted molar refractivity (Wildman–Crippen MR) is 169 cm³/mol. The molecule has 4 heterocycles. The van der Waals surface area contributed by atoms with Gasteiger partial charge in [-0.05, 0) is 72.1 Å². The zero-order chi connectivity index (χ0) is 32.6. The Morgan fingerprint density at radius 1 is 0.957 bits per heavy atom. The Kier molecular flexibility index (Phi) is 8.08. The van der Waals surface area contributed by atoms with E-state index in [2.05, 4.69) is 21.9 Å². The number of carbonyl (C=O) groups excluding carboxylic acids is 2. The first-order valence-electron chi connectivity index (χ1n) is 14.6. The number of nitrogens with one attached hydrogen (secondary N) is 1. The highest BCUT2D eigenvalue weighted by molar-refractivity contribution is 6.18. The van der Waals surface area contributed by atoms with Gasteiger partial charge in [-0.15, -0.1) is 0 Å². The number of rotatable bonds is 7. The van der Waals surface area contributed by atoms with Gasteiger partial charge in [0, 0.05) is 71.5 Å². The van der Waals surface area contributed by atoms with Crippen molar-refractivity contribution in [3.8, 4) is 22.3 Å². The van der Waals surface area contributed by atoms with Crippen molar-refractivity contribution in [3.05, 3.63) is 108 Å². The topological polar surface area (TPSA) is 114 Å². The summed E-state index contributed by atoms with van der Waals surface area (Å²) in [6, 6.07) is 17.2. The van der Waals surface area contributed by atoms with Crippen molar-refractivity contribution in [2.45, 2.75) is 32.2 Å². The molecule has 1 aliphatic rings. The fourth-order valence-corrected chi connectivity index (χ4v) is 5.48. The molecule has 234 valence electrons. The summed E-state index contributed by atoms with van der Waals surface area (Å²) in [7, 11) is 0. The van der Waals surface area contributed by atoms with E-state index < -0.39 is 17.8 Å². The molecule has 8 nitrogen and oxygen atoms in total. The summed E-state index contributed by atoms with van der Waals surface area (Å²) in [4.78, 5) is 35.1. The first kappa shape index (κ1) is 30.6. The number of alkyl halides is 2. The second-order valence-corrected chi connectivity index (χ2v) is 11.3. The van der Waals surface area contributed by atoms with E-state index in [1.54, 1.807) is 43.3 Å². The minimum absolute atomic E-state index is 0.00858. The van der Waals surface area contributed by atoms with Crippen LogP contribution in [0.15, 0.2) is 84.1 Å². The lowest BCUT2D eigenvalue weighted by molar-refractivity contribution is -0.115. The second-order valence-electron chi connectivity index (χ2n) is 11.3. The number of carbonyl (C=O) groups is 2. The molecule has 3 aromatic heterocycles. The molecule has 5 aromatic rings. The first-order valence-corrected chi connectivity index (χ1v) is 14.6. The lowest BCUT2D eigenvalue weighted by Crippen LogP contribution is -2.42. The van der Waals surface area contributed by atoms with Gasteiger partial charge in [-0.2, -0.15) is 4.39 Å². The van der Waals surface area contributed by atoms with Crippen LogP contribution in [0.2, 0.25) is 0 Å². The number of aryl methyl sites for hydroxylation is 1. The van der Waals surface area contributed by atoms with Crippen LogP contribution < -0.4 is 11.1 Å². The van der Waals surface area contributed by atoms with Gasteiger partial charge in [0.2, 0.25) is 5.95 Å². The molecule has 11 heteroatoms. The summed E-state index contributed by atoms with van der Waals surface area (Å²) >= 11 is 0. The molecule has 0 bridgehead atoms. The number of pyridine rings is 2. The highest BCUT2D eigenvalue weighted by atomic mass is 19.3. The van der Waals surface area contributed by atoms with Gasteiger partial charge in [0.05, 0.1) is 6.54 Å². The van der Waals surface area contributed by atoms with E-state index in [4.69, 9.17) is 10.2 Å². The lowest BCUT2D eigenvalue weighted by Gasteiger charge is -2.31. The zero-order valence-electron chi connectivity index (χ0n) is 24.9. The number of nitrogens with two attached hydrogens (primary N) is 1.